The highest BCUT2D eigenvalue weighted by Crippen LogP contribution is 2.25. The molecule has 3 nitrogen and oxygen atoms in total. The lowest BCUT2D eigenvalue weighted by Gasteiger charge is -2.32. The predicted octanol–water partition coefficient (Wildman–Crippen LogP) is 2.79. The first-order valence-electron chi connectivity index (χ1n) is 6.24. The zero-order valence-corrected chi connectivity index (χ0v) is 12.8. The summed E-state index contributed by atoms with van der Waals surface area (Å²) in [5, 5.41) is 11.5. The van der Waals surface area contributed by atoms with E-state index in [1.165, 1.54) is 11.3 Å². The molecule has 1 aromatic heterocycles. The van der Waals surface area contributed by atoms with Gasteiger partial charge < -0.3 is 5.11 Å². The van der Waals surface area contributed by atoms with Crippen LogP contribution in [-0.4, -0.2) is 41.5 Å². The van der Waals surface area contributed by atoms with Crippen LogP contribution in [0.25, 0.3) is 0 Å². The number of aliphatic hydroxyl groups excluding tert-OH is 1. The molecule has 0 aromatic carbocycles. The second-order valence-corrected chi connectivity index (χ2v) is 6.65. The Hall–Kier alpha value is -0.230. The second kappa shape index (κ2) is 6.28. The van der Waals surface area contributed by atoms with Gasteiger partial charge in [-0.05, 0) is 66.1 Å². The van der Waals surface area contributed by atoms with Gasteiger partial charge in [-0.2, -0.15) is 0 Å². The summed E-state index contributed by atoms with van der Waals surface area (Å²) in [6.45, 7) is 4.16. The molecular formula is C13H18BrNO2S. The molecule has 1 N–H and O–H groups in total. The van der Waals surface area contributed by atoms with Crippen LogP contribution >= 0.6 is 27.3 Å². The fourth-order valence-corrected chi connectivity index (χ4v) is 3.89. The number of carbonyl (C=O) groups excluding carboxylic acids is 1. The molecule has 0 saturated carbocycles. The average Bonchev–Trinajstić information content (AvgIpc) is 2.76. The van der Waals surface area contributed by atoms with Crippen LogP contribution in [0.1, 0.15) is 29.4 Å². The Bertz CT molecular complexity index is 411. The van der Waals surface area contributed by atoms with E-state index in [1.54, 1.807) is 0 Å². The molecule has 0 radical (unpaired) electrons. The molecule has 18 heavy (non-hydrogen) atoms. The highest BCUT2D eigenvalue weighted by molar-refractivity contribution is 9.10. The van der Waals surface area contributed by atoms with E-state index >= 15 is 0 Å². The average molecular weight is 332 g/mol. The number of thiophene rings is 1. The highest BCUT2D eigenvalue weighted by atomic mass is 79.9. The van der Waals surface area contributed by atoms with Gasteiger partial charge in [0.2, 0.25) is 0 Å². The topological polar surface area (TPSA) is 40.5 Å². The monoisotopic (exact) mass is 331 g/mol. The maximum atomic E-state index is 12.1. The third-order valence-electron chi connectivity index (χ3n) is 3.55. The number of hydrogen-bond acceptors (Lipinski definition) is 4. The number of likely N-dealkylation sites (tertiary alicyclic amines) is 1. The Morgan fingerprint density at radius 3 is 2.78 bits per heavy atom. The van der Waals surface area contributed by atoms with E-state index < -0.39 is 0 Å². The molecule has 0 bridgehead atoms. The van der Waals surface area contributed by atoms with Gasteiger partial charge in [0.25, 0.3) is 0 Å². The van der Waals surface area contributed by atoms with E-state index in [-0.39, 0.29) is 11.9 Å². The van der Waals surface area contributed by atoms with Crippen molar-refractivity contribution in [3.63, 3.8) is 0 Å². The maximum Gasteiger partial charge on any atom is 0.187 e. The number of rotatable bonds is 4. The van der Waals surface area contributed by atoms with Crippen LogP contribution in [0.5, 0.6) is 0 Å². The van der Waals surface area contributed by atoms with Crippen LogP contribution in [0.4, 0.5) is 0 Å². The molecule has 1 aromatic rings. The van der Waals surface area contributed by atoms with Crippen molar-refractivity contribution >= 4 is 33.0 Å². The van der Waals surface area contributed by atoms with Gasteiger partial charge in [-0.25, -0.2) is 0 Å². The zero-order chi connectivity index (χ0) is 13.1. The van der Waals surface area contributed by atoms with Crippen molar-refractivity contribution in [3.8, 4) is 0 Å². The first kappa shape index (κ1) is 14.2. The van der Waals surface area contributed by atoms with Gasteiger partial charge in [0.1, 0.15) is 0 Å². The van der Waals surface area contributed by atoms with Crippen molar-refractivity contribution in [3.05, 3.63) is 20.8 Å². The molecule has 1 unspecified atom stereocenters. The van der Waals surface area contributed by atoms with Gasteiger partial charge >= 0.3 is 0 Å². The van der Waals surface area contributed by atoms with Crippen molar-refractivity contribution in [1.82, 2.24) is 4.90 Å². The van der Waals surface area contributed by atoms with Crippen LogP contribution in [0.15, 0.2) is 15.9 Å². The summed E-state index contributed by atoms with van der Waals surface area (Å²) in [5.74, 6) is 0.581. The summed E-state index contributed by atoms with van der Waals surface area (Å²) in [4.78, 5) is 15.1. The first-order valence-corrected chi connectivity index (χ1v) is 7.92. The number of piperidine rings is 1. The van der Waals surface area contributed by atoms with Gasteiger partial charge in [0, 0.05) is 4.47 Å². The Labute approximate surface area is 120 Å². The van der Waals surface area contributed by atoms with Gasteiger partial charge in [0.05, 0.1) is 17.5 Å². The van der Waals surface area contributed by atoms with E-state index in [1.807, 2.05) is 18.4 Å². The van der Waals surface area contributed by atoms with E-state index in [0.29, 0.717) is 12.5 Å². The molecule has 1 aliphatic heterocycles. The molecule has 0 amide bonds. The molecule has 0 spiro atoms. The van der Waals surface area contributed by atoms with Gasteiger partial charge in [-0.1, -0.05) is 0 Å². The molecular weight excluding hydrogens is 314 g/mol. The Morgan fingerprint density at radius 1 is 1.61 bits per heavy atom. The van der Waals surface area contributed by atoms with E-state index in [2.05, 4.69) is 20.8 Å². The van der Waals surface area contributed by atoms with Crippen LogP contribution in [0.3, 0.4) is 0 Å². The SMILES string of the molecule is CC(O)C1CCN(CC(=O)c2sccc2Br)CC1. The van der Waals surface area contributed by atoms with Crippen molar-refractivity contribution in [1.29, 1.82) is 0 Å². The predicted molar refractivity (Wildman–Crippen MR) is 77.2 cm³/mol. The molecule has 2 rings (SSSR count). The first-order chi connectivity index (χ1) is 8.58. The Kier molecular flexibility index (Phi) is 4.95. The van der Waals surface area contributed by atoms with Crippen LogP contribution in [0, 0.1) is 5.92 Å². The minimum absolute atomic E-state index is 0.187. The smallest absolute Gasteiger partial charge is 0.187 e. The summed E-state index contributed by atoms with van der Waals surface area (Å²) >= 11 is 4.89. The number of nitrogens with zero attached hydrogens (tertiary/aromatic N) is 1. The molecule has 1 aliphatic rings. The standard InChI is InChI=1S/C13H18BrNO2S/c1-9(16)10-2-5-15(6-3-10)8-12(17)13-11(14)4-7-18-13/h4,7,9-10,16H,2-3,5-6,8H2,1H3. The Balaban J connectivity index is 1.85. The number of aliphatic hydroxyl groups is 1. The fourth-order valence-electron chi connectivity index (χ4n) is 2.36. The summed E-state index contributed by atoms with van der Waals surface area (Å²) in [7, 11) is 0. The fraction of sp³-hybridized carbons (Fsp3) is 0.615. The van der Waals surface area contributed by atoms with E-state index in [9.17, 15) is 9.90 Å². The highest BCUT2D eigenvalue weighted by Gasteiger charge is 2.24. The minimum atomic E-state index is -0.228. The zero-order valence-electron chi connectivity index (χ0n) is 10.4. The molecule has 0 aliphatic carbocycles. The second-order valence-electron chi connectivity index (χ2n) is 4.88. The van der Waals surface area contributed by atoms with Crippen molar-refractivity contribution in [2.75, 3.05) is 19.6 Å². The third kappa shape index (κ3) is 3.41. The Morgan fingerprint density at radius 2 is 2.28 bits per heavy atom. The molecule has 2 heterocycles. The third-order valence-corrected chi connectivity index (χ3v) is 5.43. The van der Waals surface area contributed by atoms with Crippen LogP contribution < -0.4 is 0 Å². The minimum Gasteiger partial charge on any atom is -0.393 e. The van der Waals surface area contributed by atoms with Gasteiger partial charge in [-0.3, -0.25) is 9.69 Å². The van der Waals surface area contributed by atoms with E-state index in [0.717, 1.165) is 35.3 Å². The quantitative estimate of drug-likeness (QED) is 0.862. The van der Waals surface area contributed by atoms with E-state index in [4.69, 9.17) is 0 Å². The number of Topliss-reactive ketones (excluding diaryl/α,β-unsaturated/α-hetero) is 1. The van der Waals surface area contributed by atoms with Crippen LogP contribution in [-0.2, 0) is 0 Å². The molecule has 1 fully saturated rings. The molecule has 100 valence electrons. The largest absolute Gasteiger partial charge is 0.393 e. The summed E-state index contributed by atoms with van der Waals surface area (Å²) in [5.41, 5.74) is 0. The van der Waals surface area contributed by atoms with Gasteiger partial charge in [0.15, 0.2) is 5.78 Å². The summed E-state index contributed by atoms with van der Waals surface area (Å²) < 4.78 is 0.899. The molecule has 1 saturated heterocycles. The van der Waals surface area contributed by atoms with Crippen LogP contribution in [0.2, 0.25) is 0 Å². The van der Waals surface area contributed by atoms with Crippen molar-refractivity contribution in [2.24, 2.45) is 5.92 Å². The molecule has 1 atom stereocenters. The lowest BCUT2D eigenvalue weighted by molar-refractivity contribution is 0.0666. The lowest BCUT2D eigenvalue weighted by atomic mass is 9.92. The number of halogens is 1. The number of hydrogen-bond donors (Lipinski definition) is 1. The summed E-state index contributed by atoms with van der Waals surface area (Å²) in [6, 6.07) is 1.91. The van der Waals surface area contributed by atoms with Crippen molar-refractivity contribution < 1.29 is 9.90 Å². The number of carbonyl (C=O) groups is 1. The maximum absolute atomic E-state index is 12.1. The molecule has 5 heteroatoms. The van der Waals surface area contributed by atoms with Crippen molar-refractivity contribution in [2.45, 2.75) is 25.9 Å². The lowest BCUT2D eigenvalue weighted by Crippen LogP contribution is -2.39. The van der Waals surface area contributed by atoms with Gasteiger partial charge in [-0.15, -0.1) is 11.3 Å². The normalized spacial score (nSPS) is 19.9. The summed E-state index contributed by atoms with van der Waals surface area (Å²) in [6.07, 6.45) is 1.74. The number of ketones is 1.